The van der Waals surface area contributed by atoms with E-state index in [0.29, 0.717) is 13.0 Å². The number of fused-ring (bicyclic) bond motifs is 2. The molecule has 3 heteroatoms. The van der Waals surface area contributed by atoms with Crippen molar-refractivity contribution >= 4 is 5.78 Å². The van der Waals surface area contributed by atoms with Gasteiger partial charge in [0.05, 0.1) is 18.8 Å². The van der Waals surface area contributed by atoms with Gasteiger partial charge in [-0.05, 0) is 5.56 Å². The average Bonchev–Trinajstić information content (AvgIpc) is 2.78. The minimum atomic E-state index is -0.248. The highest BCUT2D eigenvalue weighted by atomic mass is 16.5. The summed E-state index contributed by atoms with van der Waals surface area (Å²) >= 11 is 0. The molecule has 2 fully saturated rings. The molecule has 2 aliphatic rings. The van der Waals surface area contributed by atoms with E-state index in [4.69, 9.17) is 9.47 Å². The predicted molar refractivity (Wildman–Crippen MR) is 71.6 cm³/mol. The zero-order chi connectivity index (χ0) is 13.4. The summed E-state index contributed by atoms with van der Waals surface area (Å²) in [7, 11) is 0. The first kappa shape index (κ1) is 12.8. The Morgan fingerprint density at radius 2 is 1.95 bits per heavy atom. The Labute approximate surface area is 113 Å². The van der Waals surface area contributed by atoms with Gasteiger partial charge in [-0.1, -0.05) is 44.2 Å². The molecule has 2 heterocycles. The summed E-state index contributed by atoms with van der Waals surface area (Å²) in [5.41, 5.74) is 1.17. The molecule has 0 saturated carbocycles. The molecule has 2 bridgehead atoms. The maximum absolute atomic E-state index is 11.9. The van der Waals surface area contributed by atoms with Crippen LogP contribution in [0.5, 0.6) is 0 Å². The lowest BCUT2D eigenvalue weighted by Gasteiger charge is -2.38. The highest BCUT2D eigenvalue weighted by Gasteiger charge is 2.50. The van der Waals surface area contributed by atoms with Gasteiger partial charge in [0.25, 0.3) is 0 Å². The molecule has 0 amide bonds. The number of carbonyl (C=O) groups excluding carboxylic acids is 1. The Kier molecular flexibility index (Phi) is 3.42. The quantitative estimate of drug-likeness (QED) is 0.838. The largest absolute Gasteiger partial charge is 0.373 e. The van der Waals surface area contributed by atoms with Crippen molar-refractivity contribution in [2.75, 3.05) is 0 Å². The van der Waals surface area contributed by atoms with Crippen molar-refractivity contribution in [1.29, 1.82) is 0 Å². The van der Waals surface area contributed by atoms with Gasteiger partial charge >= 0.3 is 0 Å². The molecular formula is C16H20O3. The molecule has 3 rings (SSSR count). The molecule has 102 valence electrons. The highest BCUT2D eigenvalue weighted by molar-refractivity contribution is 5.86. The number of ether oxygens (including phenoxy) is 2. The SMILES string of the molecule is C[C@@H]1[C@@H](OCc2ccccc2)[C@@H](C)[C@@H]2O[C@H]1CC2=O. The molecule has 0 unspecified atom stereocenters. The van der Waals surface area contributed by atoms with Crippen LogP contribution in [0.2, 0.25) is 0 Å². The van der Waals surface area contributed by atoms with E-state index in [1.54, 1.807) is 0 Å². The van der Waals surface area contributed by atoms with Crippen LogP contribution in [0.4, 0.5) is 0 Å². The number of Topliss-reactive ketones (excluding diaryl/α,β-unsaturated/α-hetero) is 1. The fraction of sp³-hybridized carbons (Fsp3) is 0.562. The van der Waals surface area contributed by atoms with Gasteiger partial charge in [-0.25, -0.2) is 0 Å². The smallest absolute Gasteiger partial charge is 0.164 e. The normalized spacial score (nSPS) is 37.6. The van der Waals surface area contributed by atoms with Crippen molar-refractivity contribution in [3.05, 3.63) is 35.9 Å². The highest BCUT2D eigenvalue weighted by Crippen LogP contribution is 2.39. The lowest BCUT2D eigenvalue weighted by molar-refractivity contribution is -0.160. The van der Waals surface area contributed by atoms with Crippen LogP contribution in [0.3, 0.4) is 0 Å². The number of hydrogen-bond donors (Lipinski definition) is 0. The molecule has 2 saturated heterocycles. The lowest BCUT2D eigenvalue weighted by Crippen LogP contribution is -2.46. The summed E-state index contributed by atoms with van der Waals surface area (Å²) in [5.74, 6) is 0.668. The van der Waals surface area contributed by atoms with Crippen molar-refractivity contribution in [1.82, 2.24) is 0 Å². The molecule has 19 heavy (non-hydrogen) atoms. The molecule has 0 spiro atoms. The van der Waals surface area contributed by atoms with Crippen molar-refractivity contribution in [3.8, 4) is 0 Å². The van der Waals surface area contributed by atoms with E-state index in [2.05, 4.69) is 26.0 Å². The number of ketones is 1. The first-order chi connectivity index (χ1) is 9.16. The van der Waals surface area contributed by atoms with Gasteiger partial charge < -0.3 is 9.47 Å². The van der Waals surface area contributed by atoms with E-state index in [-0.39, 0.29) is 35.9 Å². The monoisotopic (exact) mass is 260 g/mol. The summed E-state index contributed by atoms with van der Waals surface area (Å²) in [4.78, 5) is 11.9. The number of benzene rings is 1. The van der Waals surface area contributed by atoms with Gasteiger partial charge in [0.2, 0.25) is 0 Å². The first-order valence-electron chi connectivity index (χ1n) is 7.00. The molecule has 5 atom stereocenters. The van der Waals surface area contributed by atoms with Crippen molar-refractivity contribution in [3.63, 3.8) is 0 Å². The number of rotatable bonds is 3. The third-order valence-corrected chi connectivity index (χ3v) is 4.43. The maximum Gasteiger partial charge on any atom is 0.164 e. The van der Waals surface area contributed by atoms with Gasteiger partial charge in [0.1, 0.15) is 6.10 Å². The molecule has 0 aromatic heterocycles. The van der Waals surface area contributed by atoms with Crippen LogP contribution in [0.25, 0.3) is 0 Å². The second kappa shape index (κ2) is 5.06. The Morgan fingerprint density at radius 3 is 2.68 bits per heavy atom. The molecule has 0 aliphatic carbocycles. The van der Waals surface area contributed by atoms with E-state index >= 15 is 0 Å². The molecule has 1 aromatic rings. The Balaban J connectivity index is 1.69. The summed E-state index contributed by atoms with van der Waals surface area (Å²) in [6.07, 6.45) is 0.466. The Hall–Kier alpha value is -1.19. The van der Waals surface area contributed by atoms with Crippen LogP contribution in [0.15, 0.2) is 30.3 Å². The zero-order valence-electron chi connectivity index (χ0n) is 11.4. The second-order valence-electron chi connectivity index (χ2n) is 5.75. The van der Waals surface area contributed by atoms with Gasteiger partial charge in [-0.2, -0.15) is 0 Å². The van der Waals surface area contributed by atoms with E-state index in [1.165, 1.54) is 5.56 Å². The molecule has 3 nitrogen and oxygen atoms in total. The average molecular weight is 260 g/mol. The van der Waals surface area contributed by atoms with Crippen LogP contribution in [-0.2, 0) is 20.9 Å². The number of hydrogen-bond acceptors (Lipinski definition) is 3. The molecule has 1 aromatic carbocycles. The summed E-state index contributed by atoms with van der Waals surface area (Å²) in [5, 5.41) is 0. The third kappa shape index (κ3) is 2.33. The molecule has 0 radical (unpaired) electrons. The standard InChI is InChI=1S/C16H20O3/c1-10-14-8-13(17)16(19-14)11(2)15(10)18-9-12-6-4-3-5-7-12/h3-7,10-11,14-16H,8-9H2,1-2H3/t10-,11+,14-,15+,16-/m0/s1. The minimum absolute atomic E-state index is 0.0504. The second-order valence-corrected chi connectivity index (χ2v) is 5.75. The summed E-state index contributed by atoms with van der Waals surface area (Å²) < 4.78 is 11.9. The maximum atomic E-state index is 11.9. The minimum Gasteiger partial charge on any atom is -0.373 e. The van der Waals surface area contributed by atoms with E-state index < -0.39 is 0 Å². The van der Waals surface area contributed by atoms with Crippen LogP contribution < -0.4 is 0 Å². The van der Waals surface area contributed by atoms with E-state index in [0.717, 1.165) is 0 Å². The Morgan fingerprint density at radius 1 is 1.21 bits per heavy atom. The van der Waals surface area contributed by atoms with Crippen molar-refractivity contribution in [2.24, 2.45) is 11.8 Å². The first-order valence-corrected chi connectivity index (χ1v) is 7.00. The lowest BCUT2D eigenvalue weighted by atomic mass is 9.86. The van der Waals surface area contributed by atoms with Crippen molar-refractivity contribution < 1.29 is 14.3 Å². The van der Waals surface area contributed by atoms with E-state index in [1.807, 2.05) is 18.2 Å². The fourth-order valence-corrected chi connectivity index (χ4v) is 3.29. The Bertz CT molecular complexity index is 456. The van der Waals surface area contributed by atoms with Gasteiger partial charge in [-0.15, -0.1) is 0 Å². The molecular weight excluding hydrogens is 240 g/mol. The summed E-state index contributed by atoms with van der Waals surface area (Å²) in [6.45, 7) is 4.80. The summed E-state index contributed by atoms with van der Waals surface area (Å²) in [6, 6.07) is 10.2. The van der Waals surface area contributed by atoms with Crippen LogP contribution >= 0.6 is 0 Å². The van der Waals surface area contributed by atoms with Gasteiger partial charge in [-0.3, -0.25) is 4.79 Å². The van der Waals surface area contributed by atoms with Gasteiger partial charge in [0.15, 0.2) is 5.78 Å². The third-order valence-electron chi connectivity index (χ3n) is 4.43. The van der Waals surface area contributed by atoms with Gasteiger partial charge in [0, 0.05) is 18.3 Å². The predicted octanol–water partition coefficient (Wildman–Crippen LogP) is 2.58. The fourth-order valence-electron chi connectivity index (χ4n) is 3.29. The zero-order valence-corrected chi connectivity index (χ0v) is 11.4. The number of carbonyl (C=O) groups is 1. The topological polar surface area (TPSA) is 35.5 Å². The van der Waals surface area contributed by atoms with Crippen LogP contribution in [0.1, 0.15) is 25.8 Å². The van der Waals surface area contributed by atoms with Crippen LogP contribution in [0, 0.1) is 11.8 Å². The molecule has 0 N–H and O–H groups in total. The molecule has 2 aliphatic heterocycles. The van der Waals surface area contributed by atoms with E-state index in [9.17, 15) is 4.79 Å². The van der Waals surface area contributed by atoms with Crippen LogP contribution in [-0.4, -0.2) is 24.1 Å². The van der Waals surface area contributed by atoms with Crippen molar-refractivity contribution in [2.45, 2.75) is 45.2 Å².